The third-order valence-electron chi connectivity index (χ3n) is 2.63. The molecule has 1 N–H and O–H groups in total. The van der Waals surface area contributed by atoms with Gasteiger partial charge in [0, 0.05) is 26.2 Å². The molecule has 0 aliphatic carbocycles. The molecule has 1 aliphatic rings. The Hall–Kier alpha value is -0.340. The molecule has 1 aliphatic heterocycles. The van der Waals surface area contributed by atoms with E-state index in [2.05, 4.69) is 23.7 Å². The van der Waals surface area contributed by atoms with Gasteiger partial charge in [-0.2, -0.15) is 0 Å². The number of nitrogens with zero attached hydrogens (tertiary/aromatic N) is 1. The van der Waals surface area contributed by atoms with Crippen LogP contribution in [0.3, 0.4) is 0 Å². The van der Waals surface area contributed by atoms with Gasteiger partial charge in [0.25, 0.3) is 0 Å². The molecule has 1 saturated heterocycles. The average molecular weight is 182 g/mol. The van der Waals surface area contributed by atoms with Gasteiger partial charge in [0.1, 0.15) is 0 Å². The normalized spacial score (nSPS) is 24.5. The van der Waals surface area contributed by atoms with Crippen molar-refractivity contribution in [1.29, 1.82) is 0 Å². The third-order valence-corrected chi connectivity index (χ3v) is 2.63. The van der Waals surface area contributed by atoms with Crippen LogP contribution in [-0.4, -0.2) is 37.6 Å². The molecule has 0 radical (unpaired) electrons. The Balaban J connectivity index is 2.03. The van der Waals surface area contributed by atoms with E-state index in [1.165, 1.54) is 32.5 Å². The maximum absolute atomic E-state index is 3.68. The van der Waals surface area contributed by atoms with Gasteiger partial charge in [0.05, 0.1) is 0 Å². The Morgan fingerprint density at radius 2 is 2.46 bits per heavy atom. The van der Waals surface area contributed by atoms with Crippen molar-refractivity contribution in [3.8, 4) is 0 Å². The highest BCUT2D eigenvalue weighted by molar-refractivity contribution is 4.73. The fourth-order valence-electron chi connectivity index (χ4n) is 1.93. The first kappa shape index (κ1) is 10.7. The van der Waals surface area contributed by atoms with E-state index in [-0.39, 0.29) is 0 Å². The molecule has 0 aromatic rings. The summed E-state index contributed by atoms with van der Waals surface area (Å²) in [6.07, 6.45) is 4.71. The van der Waals surface area contributed by atoms with Gasteiger partial charge in [0.2, 0.25) is 0 Å². The van der Waals surface area contributed by atoms with Crippen molar-refractivity contribution in [3.63, 3.8) is 0 Å². The Morgan fingerprint density at radius 1 is 1.62 bits per heavy atom. The average Bonchev–Trinajstić information content (AvgIpc) is 2.13. The minimum Gasteiger partial charge on any atom is -0.312 e. The third kappa shape index (κ3) is 4.44. The van der Waals surface area contributed by atoms with Gasteiger partial charge in [-0.25, -0.2) is 0 Å². The van der Waals surface area contributed by atoms with Gasteiger partial charge in [0.15, 0.2) is 0 Å². The lowest BCUT2D eigenvalue weighted by Gasteiger charge is -2.30. The van der Waals surface area contributed by atoms with E-state index in [4.69, 9.17) is 0 Å². The van der Waals surface area contributed by atoms with Gasteiger partial charge in [-0.15, -0.1) is 6.58 Å². The number of hydrogen-bond acceptors (Lipinski definition) is 2. The molecule has 2 heteroatoms. The monoisotopic (exact) mass is 182 g/mol. The second-order valence-electron chi connectivity index (χ2n) is 4.04. The van der Waals surface area contributed by atoms with Gasteiger partial charge < -0.3 is 10.2 Å². The first-order chi connectivity index (χ1) is 6.33. The first-order valence-corrected chi connectivity index (χ1v) is 5.37. The zero-order valence-corrected chi connectivity index (χ0v) is 8.76. The molecule has 0 spiro atoms. The predicted molar refractivity (Wildman–Crippen MR) is 57.9 cm³/mol. The van der Waals surface area contributed by atoms with E-state index in [9.17, 15) is 0 Å². The van der Waals surface area contributed by atoms with Crippen LogP contribution in [0.15, 0.2) is 12.7 Å². The Kier molecular flexibility index (Phi) is 5.09. The zero-order valence-electron chi connectivity index (χ0n) is 8.76. The Morgan fingerprint density at radius 3 is 3.15 bits per heavy atom. The second-order valence-corrected chi connectivity index (χ2v) is 4.04. The van der Waals surface area contributed by atoms with Crippen molar-refractivity contribution in [2.75, 3.05) is 32.7 Å². The fourth-order valence-corrected chi connectivity index (χ4v) is 1.93. The maximum atomic E-state index is 3.68. The lowest BCUT2D eigenvalue weighted by Crippen LogP contribution is -2.38. The number of likely N-dealkylation sites (tertiary alicyclic amines) is 1. The van der Waals surface area contributed by atoms with E-state index in [1.54, 1.807) is 0 Å². The van der Waals surface area contributed by atoms with Gasteiger partial charge in [-0.05, 0) is 25.3 Å². The van der Waals surface area contributed by atoms with Crippen molar-refractivity contribution >= 4 is 0 Å². The van der Waals surface area contributed by atoms with Gasteiger partial charge in [-0.3, -0.25) is 0 Å². The number of nitrogens with one attached hydrogen (secondary N) is 1. The van der Waals surface area contributed by atoms with Gasteiger partial charge >= 0.3 is 0 Å². The zero-order chi connectivity index (χ0) is 9.52. The van der Waals surface area contributed by atoms with Crippen molar-refractivity contribution in [2.45, 2.75) is 19.8 Å². The molecule has 0 saturated carbocycles. The molecule has 2 nitrogen and oxygen atoms in total. The lowest BCUT2D eigenvalue weighted by molar-refractivity contribution is 0.185. The van der Waals surface area contributed by atoms with Crippen molar-refractivity contribution in [2.24, 2.45) is 5.92 Å². The quantitative estimate of drug-likeness (QED) is 0.512. The summed E-state index contributed by atoms with van der Waals surface area (Å²) < 4.78 is 0. The molecule has 0 aromatic carbocycles. The van der Waals surface area contributed by atoms with Crippen LogP contribution in [0, 0.1) is 5.92 Å². The van der Waals surface area contributed by atoms with Crippen LogP contribution < -0.4 is 5.32 Å². The summed E-state index contributed by atoms with van der Waals surface area (Å²) in [6.45, 7) is 11.8. The topological polar surface area (TPSA) is 15.3 Å². The molecule has 1 rings (SSSR count). The van der Waals surface area contributed by atoms with Crippen molar-refractivity contribution in [1.82, 2.24) is 10.2 Å². The SMILES string of the molecule is C=CCNCCN1CCCC(C)C1. The van der Waals surface area contributed by atoms with E-state index in [0.29, 0.717) is 0 Å². The summed E-state index contributed by atoms with van der Waals surface area (Å²) in [5, 5.41) is 3.34. The molecule has 1 fully saturated rings. The second kappa shape index (κ2) is 6.17. The van der Waals surface area contributed by atoms with Crippen LogP contribution in [0.25, 0.3) is 0 Å². The Labute approximate surface area is 82.0 Å². The molecule has 76 valence electrons. The summed E-state index contributed by atoms with van der Waals surface area (Å²) in [6, 6.07) is 0. The highest BCUT2D eigenvalue weighted by atomic mass is 15.1. The summed E-state index contributed by atoms with van der Waals surface area (Å²) >= 11 is 0. The van der Waals surface area contributed by atoms with E-state index in [1.807, 2.05) is 6.08 Å². The molecule has 13 heavy (non-hydrogen) atoms. The number of rotatable bonds is 5. The van der Waals surface area contributed by atoms with Crippen LogP contribution in [0.4, 0.5) is 0 Å². The molecule has 0 amide bonds. The lowest BCUT2D eigenvalue weighted by atomic mass is 10.0. The minimum absolute atomic E-state index is 0.896. The molecule has 1 unspecified atom stereocenters. The largest absolute Gasteiger partial charge is 0.312 e. The molecule has 0 aromatic heterocycles. The fraction of sp³-hybridized carbons (Fsp3) is 0.818. The summed E-state index contributed by atoms with van der Waals surface area (Å²) in [5.41, 5.74) is 0. The standard InChI is InChI=1S/C11H22N2/c1-3-6-12-7-9-13-8-4-5-11(2)10-13/h3,11-12H,1,4-10H2,2H3. The van der Waals surface area contributed by atoms with E-state index < -0.39 is 0 Å². The van der Waals surface area contributed by atoms with Crippen molar-refractivity contribution in [3.05, 3.63) is 12.7 Å². The summed E-state index contributed by atoms with van der Waals surface area (Å²) in [5.74, 6) is 0.896. The summed E-state index contributed by atoms with van der Waals surface area (Å²) in [7, 11) is 0. The maximum Gasteiger partial charge on any atom is 0.0132 e. The van der Waals surface area contributed by atoms with Gasteiger partial charge in [-0.1, -0.05) is 13.0 Å². The van der Waals surface area contributed by atoms with Crippen LogP contribution in [0.2, 0.25) is 0 Å². The number of piperidine rings is 1. The summed E-state index contributed by atoms with van der Waals surface area (Å²) in [4.78, 5) is 2.56. The van der Waals surface area contributed by atoms with E-state index >= 15 is 0 Å². The predicted octanol–water partition coefficient (Wildman–Crippen LogP) is 1.49. The number of hydrogen-bond donors (Lipinski definition) is 1. The van der Waals surface area contributed by atoms with Crippen LogP contribution in [0.5, 0.6) is 0 Å². The highest BCUT2D eigenvalue weighted by Crippen LogP contribution is 2.14. The molecule has 1 heterocycles. The molecular formula is C11H22N2. The first-order valence-electron chi connectivity index (χ1n) is 5.37. The van der Waals surface area contributed by atoms with Crippen LogP contribution in [0.1, 0.15) is 19.8 Å². The van der Waals surface area contributed by atoms with E-state index in [0.717, 1.165) is 19.0 Å². The minimum atomic E-state index is 0.896. The molecular weight excluding hydrogens is 160 g/mol. The Bertz CT molecular complexity index is 145. The molecule has 0 bridgehead atoms. The highest BCUT2D eigenvalue weighted by Gasteiger charge is 2.14. The smallest absolute Gasteiger partial charge is 0.0132 e. The van der Waals surface area contributed by atoms with Crippen LogP contribution >= 0.6 is 0 Å². The molecule has 1 atom stereocenters. The van der Waals surface area contributed by atoms with Crippen molar-refractivity contribution < 1.29 is 0 Å². The van der Waals surface area contributed by atoms with Crippen LogP contribution in [-0.2, 0) is 0 Å².